The van der Waals surface area contributed by atoms with E-state index in [1.54, 1.807) is 7.11 Å². The first-order valence-electron chi connectivity index (χ1n) is 3.57. The quantitative estimate of drug-likeness (QED) is 0.583. The van der Waals surface area contributed by atoms with Gasteiger partial charge in [0.2, 0.25) is 0 Å². The molecule has 1 unspecified atom stereocenters. The first kappa shape index (κ1) is 10.2. The minimum absolute atomic E-state index is 0.262. The van der Waals surface area contributed by atoms with E-state index in [4.69, 9.17) is 16.3 Å². The van der Waals surface area contributed by atoms with E-state index in [1.807, 2.05) is 0 Å². The van der Waals surface area contributed by atoms with Crippen LogP contribution in [0.1, 0.15) is 20.8 Å². The Morgan fingerprint density at radius 2 is 1.90 bits per heavy atom. The molecule has 10 heavy (non-hydrogen) atoms. The monoisotopic (exact) mass is 164 g/mol. The summed E-state index contributed by atoms with van der Waals surface area (Å²) in [4.78, 5) is 0. The summed E-state index contributed by atoms with van der Waals surface area (Å²) in [5.74, 6) is 1.14. The molecule has 0 aromatic heterocycles. The molecule has 0 aliphatic rings. The van der Waals surface area contributed by atoms with Gasteiger partial charge in [-0.2, -0.15) is 0 Å². The van der Waals surface area contributed by atoms with E-state index in [0.29, 0.717) is 11.8 Å². The summed E-state index contributed by atoms with van der Waals surface area (Å²) in [6.07, 6.45) is 0. The van der Waals surface area contributed by atoms with Gasteiger partial charge in [-0.1, -0.05) is 20.8 Å². The van der Waals surface area contributed by atoms with Crippen molar-refractivity contribution in [2.45, 2.75) is 20.8 Å². The molecule has 0 saturated carbocycles. The van der Waals surface area contributed by atoms with Crippen LogP contribution >= 0.6 is 11.6 Å². The molecule has 0 radical (unpaired) electrons. The molecule has 0 aromatic carbocycles. The Hall–Kier alpha value is 0.250. The maximum absolute atomic E-state index is 5.75. The van der Waals surface area contributed by atoms with Crippen LogP contribution in [0, 0.1) is 11.3 Å². The fourth-order valence-corrected chi connectivity index (χ4v) is 1.28. The van der Waals surface area contributed by atoms with Crippen LogP contribution in [-0.4, -0.2) is 19.6 Å². The van der Waals surface area contributed by atoms with Crippen LogP contribution in [0.3, 0.4) is 0 Å². The molecular weight excluding hydrogens is 148 g/mol. The molecular formula is C8H17ClO. The molecule has 0 saturated heterocycles. The van der Waals surface area contributed by atoms with E-state index in [-0.39, 0.29) is 5.41 Å². The molecule has 0 aromatic rings. The lowest BCUT2D eigenvalue weighted by atomic mass is 9.82. The van der Waals surface area contributed by atoms with Gasteiger partial charge >= 0.3 is 0 Å². The highest BCUT2D eigenvalue weighted by Gasteiger charge is 2.23. The SMILES string of the molecule is COCC(CCl)C(C)(C)C. The summed E-state index contributed by atoms with van der Waals surface area (Å²) >= 11 is 5.75. The Morgan fingerprint density at radius 1 is 1.40 bits per heavy atom. The van der Waals surface area contributed by atoms with Gasteiger partial charge in [0.25, 0.3) is 0 Å². The predicted molar refractivity (Wildman–Crippen MR) is 45.5 cm³/mol. The van der Waals surface area contributed by atoms with Gasteiger partial charge in [0, 0.05) is 18.9 Å². The smallest absolute Gasteiger partial charge is 0.0506 e. The van der Waals surface area contributed by atoms with Crippen LogP contribution in [0.15, 0.2) is 0 Å². The second kappa shape index (κ2) is 4.20. The third-order valence-corrected chi connectivity index (χ3v) is 2.15. The largest absolute Gasteiger partial charge is 0.384 e. The second-order valence-electron chi connectivity index (χ2n) is 3.67. The predicted octanol–water partition coefficient (Wildman–Crippen LogP) is 2.53. The lowest BCUT2D eigenvalue weighted by molar-refractivity contribution is 0.103. The van der Waals surface area contributed by atoms with Crippen LogP contribution in [0.2, 0.25) is 0 Å². The average molecular weight is 165 g/mol. The molecule has 62 valence electrons. The van der Waals surface area contributed by atoms with Gasteiger partial charge in [-0.05, 0) is 5.41 Å². The van der Waals surface area contributed by atoms with Crippen molar-refractivity contribution in [1.29, 1.82) is 0 Å². The number of hydrogen-bond acceptors (Lipinski definition) is 1. The normalized spacial score (nSPS) is 15.3. The van der Waals surface area contributed by atoms with Crippen LogP contribution in [0.25, 0.3) is 0 Å². The van der Waals surface area contributed by atoms with Gasteiger partial charge in [-0.15, -0.1) is 11.6 Å². The average Bonchev–Trinajstić information content (AvgIpc) is 1.80. The topological polar surface area (TPSA) is 9.23 Å². The van der Waals surface area contributed by atoms with Crippen molar-refractivity contribution < 1.29 is 4.74 Å². The second-order valence-corrected chi connectivity index (χ2v) is 3.98. The van der Waals surface area contributed by atoms with E-state index in [2.05, 4.69) is 20.8 Å². The molecule has 0 amide bonds. The lowest BCUT2D eigenvalue weighted by Gasteiger charge is -2.27. The Bertz CT molecular complexity index is 85.7. The zero-order valence-electron chi connectivity index (χ0n) is 7.28. The van der Waals surface area contributed by atoms with Gasteiger partial charge in [0.05, 0.1) is 6.61 Å². The van der Waals surface area contributed by atoms with Gasteiger partial charge in [0.15, 0.2) is 0 Å². The van der Waals surface area contributed by atoms with Gasteiger partial charge in [-0.3, -0.25) is 0 Å². The minimum atomic E-state index is 0.262. The first-order chi connectivity index (χ1) is 4.52. The standard InChI is InChI=1S/C8H17ClO/c1-8(2,3)7(5-9)6-10-4/h7H,5-6H2,1-4H3. The number of hydrogen-bond donors (Lipinski definition) is 0. The van der Waals surface area contributed by atoms with Crippen molar-refractivity contribution >= 4 is 11.6 Å². The highest BCUT2D eigenvalue weighted by Crippen LogP contribution is 2.26. The third-order valence-electron chi connectivity index (χ3n) is 1.78. The van der Waals surface area contributed by atoms with Crippen LogP contribution in [0.4, 0.5) is 0 Å². The van der Waals surface area contributed by atoms with Crippen molar-refractivity contribution in [3.8, 4) is 0 Å². The molecule has 0 bridgehead atoms. The Balaban J connectivity index is 3.81. The van der Waals surface area contributed by atoms with Gasteiger partial charge < -0.3 is 4.74 Å². The van der Waals surface area contributed by atoms with Crippen molar-refractivity contribution in [3.63, 3.8) is 0 Å². The highest BCUT2D eigenvalue weighted by molar-refractivity contribution is 6.18. The molecule has 1 nitrogen and oxygen atoms in total. The zero-order valence-corrected chi connectivity index (χ0v) is 8.03. The van der Waals surface area contributed by atoms with E-state index in [9.17, 15) is 0 Å². The van der Waals surface area contributed by atoms with Crippen molar-refractivity contribution in [1.82, 2.24) is 0 Å². The van der Waals surface area contributed by atoms with Crippen LogP contribution < -0.4 is 0 Å². The van der Waals surface area contributed by atoms with Crippen molar-refractivity contribution in [2.75, 3.05) is 19.6 Å². The fraction of sp³-hybridized carbons (Fsp3) is 1.00. The summed E-state index contributed by atoms with van der Waals surface area (Å²) in [6.45, 7) is 7.30. The third kappa shape index (κ3) is 3.43. The van der Waals surface area contributed by atoms with E-state index in [1.165, 1.54) is 0 Å². The summed E-state index contributed by atoms with van der Waals surface area (Å²) in [6, 6.07) is 0. The Morgan fingerprint density at radius 3 is 2.00 bits per heavy atom. The summed E-state index contributed by atoms with van der Waals surface area (Å²) < 4.78 is 5.04. The molecule has 0 heterocycles. The highest BCUT2D eigenvalue weighted by atomic mass is 35.5. The van der Waals surface area contributed by atoms with Crippen LogP contribution in [0.5, 0.6) is 0 Å². The minimum Gasteiger partial charge on any atom is -0.384 e. The van der Waals surface area contributed by atoms with E-state index in [0.717, 1.165) is 6.61 Å². The Labute approximate surface area is 68.7 Å². The van der Waals surface area contributed by atoms with Gasteiger partial charge in [-0.25, -0.2) is 0 Å². The number of alkyl halides is 1. The van der Waals surface area contributed by atoms with Gasteiger partial charge in [0.1, 0.15) is 0 Å². The molecule has 1 atom stereocenters. The van der Waals surface area contributed by atoms with E-state index < -0.39 is 0 Å². The number of rotatable bonds is 3. The molecule has 0 fully saturated rings. The first-order valence-corrected chi connectivity index (χ1v) is 4.10. The molecule has 0 N–H and O–H groups in total. The molecule has 0 spiro atoms. The van der Waals surface area contributed by atoms with E-state index >= 15 is 0 Å². The van der Waals surface area contributed by atoms with Crippen LogP contribution in [-0.2, 0) is 4.74 Å². The molecule has 0 rings (SSSR count). The van der Waals surface area contributed by atoms with Crippen molar-refractivity contribution in [3.05, 3.63) is 0 Å². The maximum atomic E-state index is 5.75. The zero-order chi connectivity index (χ0) is 8.20. The Kier molecular flexibility index (Phi) is 4.30. The molecule has 2 heteroatoms. The molecule has 0 aliphatic carbocycles. The molecule has 0 aliphatic heterocycles. The van der Waals surface area contributed by atoms with Crippen molar-refractivity contribution in [2.24, 2.45) is 11.3 Å². The number of methoxy groups -OCH3 is 1. The maximum Gasteiger partial charge on any atom is 0.0506 e. The number of ether oxygens (including phenoxy) is 1. The summed E-state index contributed by atoms with van der Waals surface area (Å²) in [5, 5.41) is 0. The summed E-state index contributed by atoms with van der Waals surface area (Å²) in [5.41, 5.74) is 0.262. The lowest BCUT2D eigenvalue weighted by Crippen LogP contribution is -2.26. The number of halogens is 1. The summed E-state index contributed by atoms with van der Waals surface area (Å²) in [7, 11) is 1.71. The fourth-order valence-electron chi connectivity index (χ4n) is 0.727.